The highest BCUT2D eigenvalue weighted by molar-refractivity contribution is 7.92. The second-order valence-corrected chi connectivity index (χ2v) is 5.85. The van der Waals surface area contributed by atoms with Crippen molar-refractivity contribution in [1.29, 1.82) is 0 Å². The van der Waals surface area contributed by atoms with Gasteiger partial charge in [0.15, 0.2) is 0 Å². The average Bonchev–Trinajstić information content (AvgIpc) is 2.37. The molecule has 0 radical (unpaired) electrons. The molecule has 0 saturated carbocycles. The molecule has 0 amide bonds. The van der Waals surface area contributed by atoms with Gasteiger partial charge in [0.25, 0.3) is 11.3 Å². The number of hydrazine groups is 1. The van der Waals surface area contributed by atoms with Gasteiger partial charge in [0, 0.05) is 6.07 Å². The first kappa shape index (κ1) is 16.5. The molecule has 0 heterocycles. The highest BCUT2D eigenvalue weighted by atomic mass is 35.5. The summed E-state index contributed by atoms with van der Waals surface area (Å²) >= 11 is 4.50. The summed E-state index contributed by atoms with van der Waals surface area (Å²) < 4.78 is 62.0. The van der Waals surface area contributed by atoms with Gasteiger partial charge in [0.2, 0.25) is 9.84 Å². The number of benzene rings is 1. The van der Waals surface area contributed by atoms with Crippen LogP contribution in [-0.4, -0.2) is 24.2 Å². The number of nitrogens with zero attached hydrogens (tertiary/aromatic N) is 1. The van der Waals surface area contributed by atoms with Crippen molar-refractivity contribution in [3.05, 3.63) is 28.3 Å². The maximum absolute atomic E-state index is 13.2. The fourth-order valence-electron chi connectivity index (χ4n) is 1.23. The summed E-state index contributed by atoms with van der Waals surface area (Å²) in [4.78, 5) is 8.47. The van der Waals surface area contributed by atoms with Gasteiger partial charge in [-0.05, 0) is 12.1 Å². The number of hydrogen-bond acceptors (Lipinski definition) is 6. The molecule has 1 rings (SSSR count). The van der Waals surface area contributed by atoms with Gasteiger partial charge in [-0.1, -0.05) is 11.6 Å². The van der Waals surface area contributed by atoms with Crippen molar-refractivity contribution in [3.63, 3.8) is 0 Å². The fraction of sp³-hybridized carbons (Fsp3) is 0.250. The van der Waals surface area contributed by atoms with Crippen molar-refractivity contribution < 1.29 is 26.5 Å². The van der Waals surface area contributed by atoms with Gasteiger partial charge in [-0.15, -0.1) is 0 Å². The molecule has 3 N–H and O–H groups in total. The molecule has 1 aromatic rings. The Labute approximate surface area is 115 Å². The summed E-state index contributed by atoms with van der Waals surface area (Å²) in [6, 6.07) is 1.74. The number of nitro benzene ring substituents is 1. The molecule has 112 valence electrons. The SMILES string of the molecule is NNc1ccc(S(=O)(=O)C(F)(F)[C@@H](F)Cl)cc1[N+](=O)[O-]. The number of hydrogen-bond donors (Lipinski definition) is 2. The van der Waals surface area contributed by atoms with Crippen molar-refractivity contribution in [2.45, 2.75) is 15.8 Å². The number of nitrogens with two attached hydrogens (primary N) is 1. The van der Waals surface area contributed by atoms with Crippen LogP contribution in [0.3, 0.4) is 0 Å². The number of anilines is 1. The average molecular weight is 334 g/mol. The lowest BCUT2D eigenvalue weighted by Crippen LogP contribution is -2.36. The largest absolute Gasteiger partial charge is 0.393 e. The first-order chi connectivity index (χ1) is 9.05. The lowest BCUT2D eigenvalue weighted by molar-refractivity contribution is -0.384. The normalized spacial score (nSPS) is 13.8. The number of sulfone groups is 1. The molecule has 0 fully saturated rings. The zero-order chi connectivity index (χ0) is 15.7. The second-order valence-electron chi connectivity index (χ2n) is 3.45. The Balaban J connectivity index is 3.49. The molecule has 1 aromatic carbocycles. The molecule has 0 aromatic heterocycles. The number of nitrogen functional groups attached to an aromatic ring is 1. The summed E-state index contributed by atoms with van der Waals surface area (Å²) in [6.45, 7) is 0. The maximum Gasteiger partial charge on any atom is 0.393 e. The van der Waals surface area contributed by atoms with Crippen molar-refractivity contribution in [3.8, 4) is 0 Å². The summed E-state index contributed by atoms with van der Waals surface area (Å²) in [6.07, 6.45) is 0. The molecular weight excluding hydrogens is 327 g/mol. The third-order valence-corrected chi connectivity index (χ3v) is 4.45. The van der Waals surface area contributed by atoms with Crippen molar-refractivity contribution in [1.82, 2.24) is 0 Å². The van der Waals surface area contributed by atoms with Crippen molar-refractivity contribution in [2.75, 3.05) is 5.43 Å². The van der Waals surface area contributed by atoms with Crippen LogP contribution < -0.4 is 11.3 Å². The maximum atomic E-state index is 13.2. The zero-order valence-electron chi connectivity index (χ0n) is 9.39. The van der Waals surface area contributed by atoms with E-state index in [1.165, 1.54) is 0 Å². The van der Waals surface area contributed by atoms with Crippen LogP contribution in [-0.2, 0) is 9.84 Å². The van der Waals surface area contributed by atoms with E-state index < -0.39 is 36.2 Å². The predicted molar refractivity (Wildman–Crippen MR) is 63.8 cm³/mol. The van der Waals surface area contributed by atoms with E-state index in [2.05, 4.69) is 11.6 Å². The third-order valence-electron chi connectivity index (χ3n) is 2.24. The molecule has 7 nitrogen and oxygen atoms in total. The van der Waals surface area contributed by atoms with E-state index >= 15 is 0 Å². The van der Waals surface area contributed by atoms with E-state index in [-0.39, 0.29) is 5.69 Å². The monoisotopic (exact) mass is 333 g/mol. The van der Waals surface area contributed by atoms with Crippen LogP contribution in [0.5, 0.6) is 0 Å². The highest BCUT2D eigenvalue weighted by Crippen LogP contribution is 2.37. The number of alkyl halides is 4. The number of halogens is 4. The highest BCUT2D eigenvalue weighted by Gasteiger charge is 2.53. The quantitative estimate of drug-likeness (QED) is 0.367. The number of nitrogens with one attached hydrogen (secondary N) is 1. The topological polar surface area (TPSA) is 115 Å². The van der Waals surface area contributed by atoms with E-state index in [1.807, 2.05) is 5.43 Å². The van der Waals surface area contributed by atoms with Gasteiger partial charge in [0.05, 0.1) is 9.82 Å². The van der Waals surface area contributed by atoms with E-state index in [9.17, 15) is 31.7 Å². The molecule has 0 spiro atoms. The zero-order valence-corrected chi connectivity index (χ0v) is 11.0. The molecule has 12 heteroatoms. The van der Waals surface area contributed by atoms with E-state index in [4.69, 9.17) is 5.84 Å². The minimum atomic E-state index is -5.53. The Kier molecular flexibility index (Phi) is 4.46. The Morgan fingerprint density at radius 1 is 1.45 bits per heavy atom. The molecule has 0 saturated heterocycles. The molecule has 0 aliphatic rings. The summed E-state index contributed by atoms with van der Waals surface area (Å²) in [7, 11) is -5.53. The Morgan fingerprint density at radius 3 is 2.40 bits per heavy atom. The van der Waals surface area contributed by atoms with E-state index in [0.29, 0.717) is 12.1 Å². The Hall–Kier alpha value is -1.59. The van der Waals surface area contributed by atoms with Gasteiger partial charge in [-0.25, -0.2) is 12.8 Å². The van der Waals surface area contributed by atoms with Gasteiger partial charge in [-0.2, -0.15) is 8.78 Å². The van der Waals surface area contributed by atoms with Gasteiger partial charge in [-0.3, -0.25) is 16.0 Å². The van der Waals surface area contributed by atoms with Crippen LogP contribution in [0, 0.1) is 10.1 Å². The lowest BCUT2D eigenvalue weighted by Gasteiger charge is -2.16. The standard InChI is InChI=1S/C8H7ClF3N3O4S/c9-7(10)8(11,12)20(18,19)4-1-2-5(14-13)6(3-4)15(16)17/h1-3,7,14H,13H2/t7-/m1/s1. The first-order valence-electron chi connectivity index (χ1n) is 4.71. The number of nitro groups is 1. The van der Waals surface area contributed by atoms with Crippen LogP contribution in [0.2, 0.25) is 0 Å². The predicted octanol–water partition coefficient (Wildman–Crippen LogP) is 1.78. The van der Waals surface area contributed by atoms with Gasteiger partial charge in [0.1, 0.15) is 5.69 Å². The molecule has 0 aliphatic carbocycles. The van der Waals surface area contributed by atoms with Crippen LogP contribution in [0.4, 0.5) is 24.5 Å². The second kappa shape index (κ2) is 5.42. The fourth-order valence-corrected chi connectivity index (χ4v) is 2.64. The van der Waals surface area contributed by atoms with Gasteiger partial charge < -0.3 is 5.43 Å². The summed E-state index contributed by atoms with van der Waals surface area (Å²) in [5.74, 6) is 4.95. The van der Waals surface area contributed by atoms with Crippen LogP contribution >= 0.6 is 11.6 Å². The smallest absolute Gasteiger partial charge is 0.318 e. The third kappa shape index (κ3) is 2.64. The van der Waals surface area contributed by atoms with E-state index in [0.717, 1.165) is 6.07 Å². The van der Waals surface area contributed by atoms with Gasteiger partial charge >= 0.3 is 5.25 Å². The summed E-state index contributed by atoms with van der Waals surface area (Å²) in [5, 5.41) is 5.74. The first-order valence-corrected chi connectivity index (χ1v) is 6.63. The molecule has 0 unspecified atom stereocenters. The molecule has 0 bridgehead atoms. The minimum absolute atomic E-state index is 0.306. The van der Waals surface area contributed by atoms with Crippen LogP contribution in [0.1, 0.15) is 0 Å². The minimum Gasteiger partial charge on any atom is -0.318 e. The van der Waals surface area contributed by atoms with Crippen LogP contribution in [0.25, 0.3) is 0 Å². The van der Waals surface area contributed by atoms with E-state index in [1.54, 1.807) is 0 Å². The Bertz CT molecular complexity index is 638. The Morgan fingerprint density at radius 2 is 2.00 bits per heavy atom. The molecular formula is C8H7ClF3N3O4S. The molecule has 1 atom stereocenters. The van der Waals surface area contributed by atoms with Crippen LogP contribution in [0.15, 0.2) is 23.1 Å². The number of rotatable bonds is 5. The summed E-state index contributed by atoms with van der Waals surface area (Å²) in [5.41, 5.74) is -2.78. The lowest BCUT2D eigenvalue weighted by atomic mass is 10.3. The van der Waals surface area contributed by atoms with Crippen molar-refractivity contribution in [2.24, 2.45) is 5.84 Å². The molecule has 20 heavy (non-hydrogen) atoms. The van der Waals surface area contributed by atoms with Crippen molar-refractivity contribution >= 4 is 32.8 Å². The molecule has 0 aliphatic heterocycles.